The Morgan fingerprint density at radius 3 is 2.69 bits per heavy atom. The van der Waals surface area contributed by atoms with E-state index in [1.165, 1.54) is 0 Å². The first-order chi connectivity index (χ1) is 6.27. The monoisotopic (exact) mass is 256 g/mol. The maximum Gasteiger partial charge on any atom is 0.174 e. The first kappa shape index (κ1) is 8.78. The van der Waals surface area contributed by atoms with Crippen molar-refractivity contribution in [3.05, 3.63) is 40.2 Å². The summed E-state index contributed by atoms with van der Waals surface area (Å²) in [6.45, 7) is 0. The molecular weight excluding hydrogens is 251 g/mol. The van der Waals surface area contributed by atoms with Gasteiger partial charge in [-0.2, -0.15) is 0 Å². The Morgan fingerprint density at radius 2 is 2.08 bits per heavy atom. The van der Waals surface area contributed by atoms with Gasteiger partial charge < -0.3 is 4.98 Å². The lowest BCUT2D eigenvalue weighted by molar-refractivity contribution is 1.24. The highest BCUT2D eigenvalue weighted by atomic mass is 79.9. The highest BCUT2D eigenvalue weighted by Crippen LogP contribution is 2.26. The summed E-state index contributed by atoms with van der Waals surface area (Å²) in [7, 11) is 0. The third-order valence-electron chi connectivity index (χ3n) is 1.71. The van der Waals surface area contributed by atoms with E-state index in [1.54, 1.807) is 6.20 Å². The zero-order chi connectivity index (χ0) is 9.26. The highest BCUT2D eigenvalue weighted by Gasteiger charge is 2.04. The summed E-state index contributed by atoms with van der Waals surface area (Å²) in [6.07, 6.45) is 1.74. The first-order valence-corrected chi connectivity index (χ1v) is 4.90. The van der Waals surface area contributed by atoms with Gasteiger partial charge in [-0.1, -0.05) is 29.8 Å². The van der Waals surface area contributed by atoms with Gasteiger partial charge in [0.1, 0.15) is 0 Å². The number of benzene rings is 1. The molecule has 0 atom stereocenters. The molecule has 2 aromatic rings. The van der Waals surface area contributed by atoms with Gasteiger partial charge in [-0.15, -0.1) is 0 Å². The molecule has 0 aliphatic heterocycles. The van der Waals surface area contributed by atoms with Crippen LogP contribution in [0.3, 0.4) is 0 Å². The predicted octanol–water partition coefficient (Wildman–Crippen LogP) is 3.49. The molecule has 0 saturated carbocycles. The van der Waals surface area contributed by atoms with Crippen LogP contribution in [0.1, 0.15) is 0 Å². The van der Waals surface area contributed by atoms with Gasteiger partial charge in [0.15, 0.2) is 4.73 Å². The zero-order valence-electron chi connectivity index (χ0n) is 6.59. The van der Waals surface area contributed by atoms with E-state index in [0.29, 0.717) is 4.73 Å². The van der Waals surface area contributed by atoms with Crippen LogP contribution < -0.4 is 0 Å². The van der Waals surface area contributed by atoms with Crippen molar-refractivity contribution in [3.63, 3.8) is 0 Å². The summed E-state index contributed by atoms with van der Waals surface area (Å²) >= 11 is 9.25. The minimum Gasteiger partial charge on any atom is -0.332 e. The van der Waals surface area contributed by atoms with E-state index >= 15 is 0 Å². The normalized spacial score (nSPS) is 10.3. The van der Waals surface area contributed by atoms with Crippen LogP contribution in [0.5, 0.6) is 0 Å². The van der Waals surface area contributed by atoms with Crippen molar-refractivity contribution >= 4 is 27.5 Å². The van der Waals surface area contributed by atoms with Crippen LogP contribution >= 0.6 is 27.5 Å². The fourth-order valence-corrected chi connectivity index (χ4v) is 1.67. The maximum atomic E-state index is 6.00. The van der Waals surface area contributed by atoms with Crippen molar-refractivity contribution in [3.8, 4) is 11.3 Å². The number of nitrogens with zero attached hydrogens (tertiary/aromatic N) is 1. The number of hydrogen-bond acceptors (Lipinski definition) is 1. The fourth-order valence-electron chi connectivity index (χ4n) is 1.11. The van der Waals surface area contributed by atoms with Crippen molar-refractivity contribution < 1.29 is 0 Å². The lowest BCUT2D eigenvalue weighted by Crippen LogP contribution is -1.77. The summed E-state index contributed by atoms with van der Waals surface area (Å²) in [4.78, 5) is 7.09. The van der Waals surface area contributed by atoms with Crippen LogP contribution in [-0.4, -0.2) is 9.97 Å². The Hall–Kier alpha value is -0.800. The minimum atomic E-state index is 0.711. The van der Waals surface area contributed by atoms with E-state index in [4.69, 9.17) is 11.6 Å². The maximum absolute atomic E-state index is 6.00. The molecule has 1 aromatic carbocycles. The van der Waals surface area contributed by atoms with Crippen LogP contribution in [0.4, 0.5) is 0 Å². The average molecular weight is 258 g/mol. The predicted molar refractivity (Wildman–Crippen MR) is 56.7 cm³/mol. The summed E-state index contributed by atoms with van der Waals surface area (Å²) in [5.74, 6) is 0. The lowest BCUT2D eigenvalue weighted by Gasteiger charge is -1.98. The quantitative estimate of drug-likeness (QED) is 0.832. The van der Waals surface area contributed by atoms with Crippen molar-refractivity contribution in [2.45, 2.75) is 0 Å². The van der Waals surface area contributed by atoms with Crippen molar-refractivity contribution in [2.24, 2.45) is 0 Å². The summed E-state index contributed by atoms with van der Waals surface area (Å²) in [5, 5.41) is 0.721. The van der Waals surface area contributed by atoms with Gasteiger partial charge in [0.2, 0.25) is 0 Å². The molecule has 1 aromatic heterocycles. The third-order valence-corrected chi connectivity index (χ3v) is 2.44. The van der Waals surface area contributed by atoms with Gasteiger partial charge in [-0.25, -0.2) is 4.98 Å². The Balaban J connectivity index is 2.52. The number of hydrogen-bond donors (Lipinski definition) is 1. The number of nitrogens with one attached hydrogen (secondary N) is 1. The number of aromatic amines is 1. The molecule has 2 rings (SSSR count). The van der Waals surface area contributed by atoms with E-state index < -0.39 is 0 Å². The molecule has 0 aliphatic carbocycles. The Bertz CT molecular complexity index is 425. The Labute approximate surface area is 89.1 Å². The molecule has 0 radical (unpaired) electrons. The Morgan fingerprint density at radius 1 is 1.31 bits per heavy atom. The fraction of sp³-hybridized carbons (Fsp3) is 0. The molecule has 2 nitrogen and oxygen atoms in total. The molecule has 0 unspecified atom stereocenters. The molecule has 0 amide bonds. The SMILES string of the molecule is Clc1ccccc1-c1cnc(Br)[nH]1. The van der Waals surface area contributed by atoms with Crippen molar-refractivity contribution in [2.75, 3.05) is 0 Å². The highest BCUT2D eigenvalue weighted by molar-refractivity contribution is 9.10. The molecule has 1 N–H and O–H groups in total. The van der Waals surface area contributed by atoms with E-state index in [2.05, 4.69) is 25.9 Å². The zero-order valence-corrected chi connectivity index (χ0v) is 8.93. The molecule has 0 fully saturated rings. The van der Waals surface area contributed by atoms with Crippen molar-refractivity contribution in [1.82, 2.24) is 9.97 Å². The number of rotatable bonds is 1. The van der Waals surface area contributed by atoms with Crippen LogP contribution in [0, 0.1) is 0 Å². The second kappa shape index (κ2) is 3.52. The van der Waals surface area contributed by atoms with Crippen LogP contribution in [0.15, 0.2) is 35.2 Å². The number of aromatic nitrogens is 2. The van der Waals surface area contributed by atoms with Crippen LogP contribution in [-0.2, 0) is 0 Å². The second-order valence-corrected chi connectivity index (χ2v) is 3.73. The van der Waals surface area contributed by atoms with E-state index in [-0.39, 0.29) is 0 Å². The molecule has 66 valence electrons. The number of halogens is 2. The molecule has 0 spiro atoms. The van der Waals surface area contributed by atoms with Crippen molar-refractivity contribution in [1.29, 1.82) is 0 Å². The van der Waals surface area contributed by atoms with Crippen LogP contribution in [0.2, 0.25) is 5.02 Å². The van der Waals surface area contributed by atoms with E-state index in [9.17, 15) is 0 Å². The lowest BCUT2D eigenvalue weighted by atomic mass is 10.2. The number of H-pyrrole nitrogens is 1. The van der Waals surface area contributed by atoms with Gasteiger partial charge in [0.05, 0.1) is 11.9 Å². The molecule has 0 saturated heterocycles. The largest absolute Gasteiger partial charge is 0.332 e. The molecule has 4 heteroatoms. The third kappa shape index (κ3) is 1.76. The smallest absolute Gasteiger partial charge is 0.174 e. The van der Waals surface area contributed by atoms with Gasteiger partial charge in [0.25, 0.3) is 0 Å². The molecule has 1 heterocycles. The standard InChI is InChI=1S/C9H6BrClN2/c10-9-12-5-8(13-9)6-3-1-2-4-7(6)11/h1-5H,(H,12,13). The van der Waals surface area contributed by atoms with E-state index in [0.717, 1.165) is 16.3 Å². The summed E-state index contributed by atoms with van der Waals surface area (Å²) < 4.78 is 0.711. The van der Waals surface area contributed by atoms with E-state index in [1.807, 2.05) is 24.3 Å². The molecule has 13 heavy (non-hydrogen) atoms. The molecule has 0 bridgehead atoms. The first-order valence-electron chi connectivity index (χ1n) is 3.73. The summed E-state index contributed by atoms with van der Waals surface area (Å²) in [6, 6.07) is 7.64. The summed E-state index contributed by atoms with van der Waals surface area (Å²) in [5.41, 5.74) is 1.87. The molecular formula is C9H6BrClN2. The van der Waals surface area contributed by atoms with Gasteiger partial charge in [-0.05, 0) is 22.0 Å². The van der Waals surface area contributed by atoms with Gasteiger partial charge in [-0.3, -0.25) is 0 Å². The van der Waals surface area contributed by atoms with Gasteiger partial charge >= 0.3 is 0 Å². The number of imidazole rings is 1. The van der Waals surface area contributed by atoms with Crippen LogP contribution in [0.25, 0.3) is 11.3 Å². The van der Waals surface area contributed by atoms with Gasteiger partial charge in [0, 0.05) is 10.6 Å². The second-order valence-electron chi connectivity index (χ2n) is 2.57. The average Bonchev–Trinajstić information content (AvgIpc) is 2.53. The Kier molecular flexibility index (Phi) is 2.38. The minimum absolute atomic E-state index is 0.711. The molecule has 0 aliphatic rings. The topological polar surface area (TPSA) is 28.7 Å².